The Balaban J connectivity index is 5.26. The van der Waals surface area contributed by atoms with E-state index in [4.69, 9.17) is 0 Å². The fourth-order valence-electron chi connectivity index (χ4n) is 2.77. The summed E-state index contributed by atoms with van der Waals surface area (Å²) in [4.78, 5) is 0. The van der Waals surface area contributed by atoms with E-state index < -0.39 is 7.26 Å². The van der Waals surface area contributed by atoms with Gasteiger partial charge in [-0.2, -0.15) is 0 Å². The first-order chi connectivity index (χ1) is 12.2. The van der Waals surface area contributed by atoms with Crippen molar-refractivity contribution in [3.05, 3.63) is 47.6 Å². The Kier molecular flexibility index (Phi) is 17.7. The Morgan fingerprint density at radius 1 is 0.440 bits per heavy atom. The zero-order valence-electron chi connectivity index (χ0n) is 17.6. The third kappa shape index (κ3) is 14.3. The van der Waals surface area contributed by atoms with Crippen LogP contribution in [0, 0.1) is 0 Å². The Morgan fingerprint density at radius 3 is 0.880 bits per heavy atom. The number of unbranched alkanes of at least 4 members (excludes halogenated alkanes) is 8. The van der Waals surface area contributed by atoms with Crippen LogP contribution >= 0.6 is 7.26 Å². The molecule has 0 spiro atoms. The second-order valence-electron chi connectivity index (χ2n) is 7.18. The van der Waals surface area contributed by atoms with Crippen molar-refractivity contribution in [3.63, 3.8) is 0 Å². The van der Waals surface area contributed by atoms with Gasteiger partial charge in [0.25, 0.3) is 0 Å². The summed E-state index contributed by atoms with van der Waals surface area (Å²) in [6, 6.07) is 0. The average Bonchev–Trinajstić information content (AvgIpc) is 2.63. The van der Waals surface area contributed by atoms with Crippen molar-refractivity contribution in [2.45, 2.75) is 105 Å². The monoisotopic (exact) mass is 364 g/mol. The van der Waals surface area contributed by atoms with Gasteiger partial charge in [0.2, 0.25) is 0 Å². The molecule has 146 valence electrons. The quantitative estimate of drug-likeness (QED) is 0.189. The van der Waals surface area contributed by atoms with Gasteiger partial charge in [-0.15, -0.1) is 0 Å². The van der Waals surface area contributed by atoms with Crippen molar-refractivity contribution >= 4 is 7.26 Å². The fraction of sp³-hybridized carbons (Fsp3) is 0.667. The van der Waals surface area contributed by atoms with Gasteiger partial charge >= 0.3 is 160 Å². The Bertz CT molecular complexity index is 309. The van der Waals surface area contributed by atoms with Gasteiger partial charge in [0.1, 0.15) is 0 Å². The fourth-order valence-corrected chi connectivity index (χ4v) is 5.74. The molecule has 0 saturated carbocycles. The van der Waals surface area contributed by atoms with Gasteiger partial charge in [-0.1, -0.05) is 0 Å². The molecule has 0 unspecified atom stereocenters. The van der Waals surface area contributed by atoms with Crippen molar-refractivity contribution in [2.75, 3.05) is 0 Å². The second-order valence-corrected chi connectivity index (χ2v) is 10.5. The van der Waals surface area contributed by atoms with Crippen LogP contribution in [-0.4, -0.2) is 0 Å². The van der Waals surface area contributed by atoms with Crippen molar-refractivity contribution in [2.24, 2.45) is 0 Å². The number of hydrogen-bond acceptors (Lipinski definition) is 0. The molecule has 0 radical (unpaired) electrons. The third-order valence-electron chi connectivity index (χ3n) is 4.52. The minimum absolute atomic E-state index is 1.22. The van der Waals surface area contributed by atoms with Crippen LogP contribution in [0.2, 0.25) is 0 Å². The van der Waals surface area contributed by atoms with Gasteiger partial charge in [0.05, 0.1) is 0 Å². The molecule has 0 aliphatic carbocycles. The third-order valence-corrected chi connectivity index (χ3v) is 7.78. The number of rotatable bonds is 16. The van der Waals surface area contributed by atoms with Gasteiger partial charge in [-0.05, 0) is 0 Å². The normalized spacial score (nSPS) is 13.9. The molecule has 0 aliphatic heterocycles. The molecular formula is C24H45P. The Hall–Kier alpha value is -0.610. The number of allylic oxidation sites excluding steroid dienone is 4. The Morgan fingerprint density at radius 2 is 0.680 bits per heavy atom. The summed E-state index contributed by atoms with van der Waals surface area (Å²) in [6.07, 6.45) is 25.0. The van der Waals surface area contributed by atoms with Gasteiger partial charge in [0.15, 0.2) is 0 Å². The maximum atomic E-state index is 2.57. The van der Waals surface area contributed by atoms with Gasteiger partial charge in [0, 0.05) is 0 Å². The van der Waals surface area contributed by atoms with E-state index in [1.165, 1.54) is 77.0 Å². The molecule has 1 heteroatoms. The predicted octanol–water partition coefficient (Wildman–Crippen LogP) is 9.55. The minimum atomic E-state index is -1.72. The molecule has 0 bridgehead atoms. The molecule has 0 aromatic rings. The molecule has 0 aromatic heterocycles. The van der Waals surface area contributed by atoms with Crippen molar-refractivity contribution in [1.82, 2.24) is 0 Å². The predicted molar refractivity (Wildman–Crippen MR) is 123 cm³/mol. The van der Waals surface area contributed by atoms with Crippen LogP contribution in [0.4, 0.5) is 0 Å². The van der Waals surface area contributed by atoms with Crippen molar-refractivity contribution in [3.8, 4) is 0 Å². The molecule has 0 aromatic carbocycles. The average molecular weight is 365 g/mol. The van der Waals surface area contributed by atoms with E-state index in [-0.39, 0.29) is 0 Å². The molecule has 0 N–H and O–H groups in total. The van der Waals surface area contributed by atoms with E-state index >= 15 is 0 Å². The van der Waals surface area contributed by atoms with E-state index in [1.807, 2.05) is 0 Å². The summed E-state index contributed by atoms with van der Waals surface area (Å²) < 4.78 is 0. The topological polar surface area (TPSA) is 0 Å². The zero-order valence-corrected chi connectivity index (χ0v) is 18.6. The van der Waals surface area contributed by atoms with Crippen LogP contribution in [0.1, 0.15) is 105 Å². The first-order valence-electron chi connectivity index (χ1n) is 10.9. The van der Waals surface area contributed by atoms with Crippen LogP contribution < -0.4 is 0 Å². The maximum absolute atomic E-state index is 2.57. The second kappa shape index (κ2) is 18.2. The van der Waals surface area contributed by atoms with Crippen LogP contribution in [0.15, 0.2) is 47.6 Å². The van der Waals surface area contributed by atoms with Crippen LogP contribution in [0.5, 0.6) is 0 Å². The summed E-state index contributed by atoms with van der Waals surface area (Å²) in [5.41, 5.74) is 0. The molecule has 0 amide bonds. The van der Waals surface area contributed by atoms with Crippen molar-refractivity contribution < 1.29 is 0 Å². The molecule has 0 nitrogen and oxygen atoms in total. The standard InChI is InChI=1S/C24H45P/c1-5-9-13-17-21-25(22-18-14-10-6-2,23-19-15-11-7-3)24-20-16-12-8-4/h17-25H,5-16H2,1-4H3/b21-17+,22-18+,23-19+,24-20+. The van der Waals surface area contributed by atoms with E-state index in [9.17, 15) is 0 Å². The molecule has 25 heavy (non-hydrogen) atoms. The van der Waals surface area contributed by atoms with Gasteiger partial charge < -0.3 is 0 Å². The van der Waals surface area contributed by atoms with Gasteiger partial charge in [-0.3, -0.25) is 0 Å². The molecule has 0 saturated heterocycles. The van der Waals surface area contributed by atoms with Crippen LogP contribution in [-0.2, 0) is 0 Å². The molecule has 0 rings (SSSR count). The SMILES string of the molecule is CCCC/C=C/[PH](/C=C/CCCC)(/C=C/CCCC)/C=C/CCCC. The number of hydrogen-bond donors (Lipinski definition) is 0. The zero-order chi connectivity index (χ0) is 18.6. The van der Waals surface area contributed by atoms with Crippen LogP contribution in [0.25, 0.3) is 0 Å². The van der Waals surface area contributed by atoms with E-state index in [0.717, 1.165) is 0 Å². The molecule has 0 aliphatic rings. The summed E-state index contributed by atoms with van der Waals surface area (Å²) in [5.74, 6) is 10.3. The summed E-state index contributed by atoms with van der Waals surface area (Å²) in [6.45, 7) is 9.11. The van der Waals surface area contributed by atoms with E-state index in [0.29, 0.717) is 0 Å². The van der Waals surface area contributed by atoms with E-state index in [1.54, 1.807) is 0 Å². The molecular weight excluding hydrogens is 319 g/mol. The first kappa shape index (κ1) is 24.4. The molecule has 0 fully saturated rings. The van der Waals surface area contributed by atoms with Crippen molar-refractivity contribution in [1.29, 1.82) is 0 Å². The van der Waals surface area contributed by atoms with Crippen LogP contribution in [0.3, 0.4) is 0 Å². The molecule has 0 heterocycles. The summed E-state index contributed by atoms with van der Waals surface area (Å²) in [5, 5.41) is 0. The Labute approximate surface area is 159 Å². The van der Waals surface area contributed by atoms with Gasteiger partial charge in [-0.25, -0.2) is 0 Å². The van der Waals surface area contributed by atoms with E-state index in [2.05, 4.69) is 75.3 Å². The summed E-state index contributed by atoms with van der Waals surface area (Å²) >= 11 is 0. The first-order valence-corrected chi connectivity index (χ1v) is 13.3. The molecule has 0 atom stereocenters. The summed E-state index contributed by atoms with van der Waals surface area (Å²) in [7, 11) is -1.72.